The second-order valence-corrected chi connectivity index (χ2v) is 8.16. The lowest BCUT2D eigenvalue weighted by Crippen LogP contribution is -1.93. The van der Waals surface area contributed by atoms with Crippen molar-refractivity contribution in [3.05, 3.63) is 53.2 Å². The van der Waals surface area contributed by atoms with Gasteiger partial charge in [0.25, 0.3) is 0 Å². The molecule has 0 amide bonds. The molecule has 0 bridgehead atoms. The number of rotatable bonds is 3. The number of aryl methyl sites for hydroxylation is 2. The Morgan fingerprint density at radius 2 is 1.96 bits per heavy atom. The van der Waals surface area contributed by atoms with Crippen molar-refractivity contribution in [2.24, 2.45) is 0 Å². The Morgan fingerprint density at radius 3 is 2.85 bits per heavy atom. The van der Waals surface area contributed by atoms with Crippen molar-refractivity contribution in [1.29, 1.82) is 0 Å². The van der Waals surface area contributed by atoms with Crippen molar-refractivity contribution in [3.8, 4) is 0 Å². The predicted molar refractivity (Wildman–Crippen MR) is 106 cm³/mol. The highest BCUT2D eigenvalue weighted by Crippen LogP contribution is 2.35. The molecule has 0 atom stereocenters. The van der Waals surface area contributed by atoms with E-state index in [4.69, 9.17) is 0 Å². The molecular weight excluding hydrogens is 362 g/mol. The quantitative estimate of drug-likeness (QED) is 0.418. The van der Waals surface area contributed by atoms with Gasteiger partial charge in [0, 0.05) is 15.6 Å². The summed E-state index contributed by atoms with van der Waals surface area (Å²) in [6.07, 6.45) is 2.63. The zero-order chi connectivity index (χ0) is 17.7. The van der Waals surface area contributed by atoms with Crippen LogP contribution in [0.2, 0.25) is 0 Å². The SMILES string of the molecule is CCc1cc2c(Sc3nnc4cc(C)c5ccccc5n34)ncnc2s1. The van der Waals surface area contributed by atoms with E-state index in [2.05, 4.69) is 68.7 Å². The standard InChI is InChI=1S/C19H15N5S2/c1-3-12-9-14-17(25-12)20-10-21-18(14)26-19-23-22-16-8-11(2)13-6-4-5-7-15(13)24(16)19/h4-10H,3H2,1-2H3. The van der Waals surface area contributed by atoms with Crippen LogP contribution in [0.25, 0.3) is 26.8 Å². The van der Waals surface area contributed by atoms with Gasteiger partial charge in [-0.05, 0) is 48.9 Å². The molecule has 4 heterocycles. The Hall–Kier alpha value is -2.51. The van der Waals surface area contributed by atoms with Gasteiger partial charge in [0.05, 0.1) is 5.52 Å². The fraction of sp³-hybridized carbons (Fsp3) is 0.158. The molecule has 5 aromatic rings. The molecular formula is C19H15N5S2. The molecule has 5 nitrogen and oxygen atoms in total. The third kappa shape index (κ3) is 2.39. The highest BCUT2D eigenvalue weighted by Gasteiger charge is 2.15. The minimum absolute atomic E-state index is 0.820. The maximum absolute atomic E-state index is 4.51. The number of pyridine rings is 1. The van der Waals surface area contributed by atoms with Crippen molar-refractivity contribution < 1.29 is 0 Å². The third-order valence-electron chi connectivity index (χ3n) is 4.45. The summed E-state index contributed by atoms with van der Waals surface area (Å²) in [5.41, 5.74) is 3.17. The first-order valence-electron chi connectivity index (χ1n) is 8.39. The maximum atomic E-state index is 4.51. The van der Waals surface area contributed by atoms with Crippen LogP contribution in [0, 0.1) is 6.92 Å². The first-order chi connectivity index (χ1) is 12.7. The number of hydrogen-bond acceptors (Lipinski definition) is 6. The van der Waals surface area contributed by atoms with Gasteiger partial charge < -0.3 is 0 Å². The molecule has 128 valence electrons. The average Bonchev–Trinajstić information content (AvgIpc) is 3.26. The Morgan fingerprint density at radius 1 is 1.08 bits per heavy atom. The van der Waals surface area contributed by atoms with E-state index in [0.29, 0.717) is 0 Å². The minimum atomic E-state index is 0.820. The summed E-state index contributed by atoms with van der Waals surface area (Å²) < 4.78 is 2.11. The number of nitrogens with zero attached hydrogens (tertiary/aromatic N) is 5. The molecule has 0 N–H and O–H groups in total. The molecule has 0 aliphatic rings. The number of fused-ring (bicyclic) bond motifs is 4. The predicted octanol–water partition coefficient (Wildman–Crippen LogP) is 4.91. The fourth-order valence-electron chi connectivity index (χ4n) is 3.17. The molecule has 0 fully saturated rings. The van der Waals surface area contributed by atoms with Crippen molar-refractivity contribution in [2.75, 3.05) is 0 Å². The summed E-state index contributed by atoms with van der Waals surface area (Å²) in [5, 5.41) is 12.9. The summed E-state index contributed by atoms with van der Waals surface area (Å²) in [6.45, 7) is 4.26. The lowest BCUT2D eigenvalue weighted by Gasteiger charge is -2.07. The maximum Gasteiger partial charge on any atom is 0.202 e. The van der Waals surface area contributed by atoms with Crippen LogP contribution in [0.15, 0.2) is 52.9 Å². The first-order valence-corrected chi connectivity index (χ1v) is 10.0. The number of aromatic nitrogens is 5. The summed E-state index contributed by atoms with van der Waals surface area (Å²) in [4.78, 5) is 11.3. The van der Waals surface area contributed by atoms with E-state index < -0.39 is 0 Å². The molecule has 1 aromatic carbocycles. The summed E-state index contributed by atoms with van der Waals surface area (Å²) >= 11 is 3.27. The van der Waals surface area contributed by atoms with Crippen LogP contribution in [0.3, 0.4) is 0 Å². The van der Waals surface area contributed by atoms with Crippen LogP contribution in [-0.2, 0) is 6.42 Å². The van der Waals surface area contributed by atoms with E-state index in [-0.39, 0.29) is 0 Å². The lowest BCUT2D eigenvalue weighted by atomic mass is 10.1. The summed E-state index contributed by atoms with van der Waals surface area (Å²) in [7, 11) is 0. The van der Waals surface area contributed by atoms with Crippen molar-refractivity contribution in [1.82, 2.24) is 24.6 Å². The molecule has 0 aliphatic carbocycles. The highest BCUT2D eigenvalue weighted by molar-refractivity contribution is 7.99. The second kappa shape index (κ2) is 6.03. The Balaban J connectivity index is 1.71. The molecule has 7 heteroatoms. The highest BCUT2D eigenvalue weighted by atomic mass is 32.2. The molecule has 0 saturated heterocycles. The zero-order valence-corrected chi connectivity index (χ0v) is 15.9. The van der Waals surface area contributed by atoms with Crippen molar-refractivity contribution in [3.63, 3.8) is 0 Å². The monoisotopic (exact) mass is 377 g/mol. The molecule has 4 aromatic heterocycles. The van der Waals surface area contributed by atoms with Gasteiger partial charge in [-0.25, -0.2) is 9.97 Å². The third-order valence-corrected chi connectivity index (χ3v) is 6.61. The normalized spacial score (nSPS) is 11.8. The Kier molecular flexibility index (Phi) is 3.65. The first kappa shape index (κ1) is 15.7. The van der Waals surface area contributed by atoms with Gasteiger partial charge in [-0.2, -0.15) is 0 Å². The number of para-hydroxylation sites is 1. The van der Waals surface area contributed by atoms with Crippen molar-refractivity contribution in [2.45, 2.75) is 30.5 Å². The summed E-state index contributed by atoms with van der Waals surface area (Å²) in [5.74, 6) is 0. The van der Waals surface area contributed by atoms with Crippen LogP contribution in [0.5, 0.6) is 0 Å². The van der Waals surface area contributed by atoms with E-state index >= 15 is 0 Å². The molecule has 0 saturated carbocycles. The molecule has 0 spiro atoms. The van der Waals surface area contributed by atoms with Gasteiger partial charge in [0.2, 0.25) is 5.16 Å². The molecule has 0 unspecified atom stereocenters. The zero-order valence-electron chi connectivity index (χ0n) is 14.3. The van der Waals surface area contributed by atoms with Crippen LogP contribution < -0.4 is 0 Å². The van der Waals surface area contributed by atoms with Gasteiger partial charge in [-0.3, -0.25) is 4.40 Å². The Bertz CT molecular complexity index is 1270. The van der Waals surface area contributed by atoms with Gasteiger partial charge in [0.15, 0.2) is 5.65 Å². The molecule has 26 heavy (non-hydrogen) atoms. The molecule has 5 rings (SSSR count). The fourth-order valence-corrected chi connectivity index (χ4v) is 5.07. The number of benzene rings is 1. The van der Waals surface area contributed by atoms with E-state index in [9.17, 15) is 0 Å². The smallest absolute Gasteiger partial charge is 0.202 e. The van der Waals surface area contributed by atoms with Crippen molar-refractivity contribution >= 4 is 49.9 Å². The van der Waals surface area contributed by atoms with Crippen LogP contribution >= 0.6 is 23.1 Å². The average molecular weight is 377 g/mol. The van der Waals surface area contributed by atoms with Crippen LogP contribution in [0.1, 0.15) is 17.4 Å². The van der Waals surface area contributed by atoms with Crippen LogP contribution in [-0.4, -0.2) is 24.6 Å². The number of hydrogen-bond donors (Lipinski definition) is 0. The molecule has 0 radical (unpaired) electrons. The largest absolute Gasteiger partial charge is 0.270 e. The summed E-state index contributed by atoms with van der Waals surface area (Å²) in [6, 6.07) is 12.6. The lowest BCUT2D eigenvalue weighted by molar-refractivity contribution is 0.935. The number of thiophene rings is 1. The van der Waals surface area contributed by atoms with E-state index in [1.165, 1.54) is 15.8 Å². The van der Waals surface area contributed by atoms with Gasteiger partial charge >= 0.3 is 0 Å². The Labute approximate surface area is 158 Å². The second-order valence-electron chi connectivity index (χ2n) is 6.09. The van der Waals surface area contributed by atoms with Gasteiger partial charge in [-0.1, -0.05) is 25.1 Å². The van der Waals surface area contributed by atoms with Crippen LogP contribution in [0.4, 0.5) is 0 Å². The van der Waals surface area contributed by atoms with E-state index in [1.54, 1.807) is 29.4 Å². The minimum Gasteiger partial charge on any atom is -0.270 e. The topological polar surface area (TPSA) is 56.0 Å². The van der Waals surface area contributed by atoms with Gasteiger partial charge in [0.1, 0.15) is 16.2 Å². The molecule has 0 aliphatic heterocycles. The van der Waals surface area contributed by atoms with E-state index in [1.807, 2.05) is 6.07 Å². The van der Waals surface area contributed by atoms with E-state index in [0.717, 1.165) is 38.0 Å². The van der Waals surface area contributed by atoms with Gasteiger partial charge in [-0.15, -0.1) is 21.5 Å².